The first-order valence-corrected chi connectivity index (χ1v) is 4.04. The second kappa shape index (κ2) is 3.39. The maximum Gasteiger partial charge on any atom is 0.0676 e. The molecule has 0 saturated heterocycles. The number of aromatic amines is 1. The lowest BCUT2D eigenvalue weighted by molar-refractivity contribution is 1.07. The van der Waals surface area contributed by atoms with Crippen molar-refractivity contribution in [3.05, 3.63) is 30.6 Å². The van der Waals surface area contributed by atoms with Crippen molar-refractivity contribution in [2.24, 2.45) is 0 Å². The molecule has 64 valence electrons. The van der Waals surface area contributed by atoms with Crippen LogP contribution in [0.4, 0.5) is 0 Å². The average molecular weight is 162 g/mol. The van der Waals surface area contributed by atoms with Crippen LogP contribution in [0.25, 0.3) is 11.1 Å². The monoisotopic (exact) mass is 162 g/mol. The highest BCUT2D eigenvalue weighted by Crippen LogP contribution is 2.22. The van der Waals surface area contributed by atoms with Crippen molar-refractivity contribution in [3.8, 4) is 0 Å². The van der Waals surface area contributed by atoms with Crippen LogP contribution < -0.4 is 0 Å². The van der Waals surface area contributed by atoms with Crippen molar-refractivity contribution >= 4 is 11.1 Å². The van der Waals surface area contributed by atoms with Gasteiger partial charge in [-0.25, -0.2) is 0 Å². The van der Waals surface area contributed by atoms with Crippen molar-refractivity contribution in [3.63, 3.8) is 0 Å². The van der Waals surface area contributed by atoms with Gasteiger partial charge in [-0.05, 0) is 24.5 Å². The Hall–Kier alpha value is -1.31. The summed E-state index contributed by atoms with van der Waals surface area (Å²) in [5.41, 5.74) is 4.19. The molecule has 0 amide bonds. The normalized spacial score (nSPS) is 9.83. The Morgan fingerprint density at radius 2 is 2.25 bits per heavy atom. The molecule has 1 rings (SSSR count). The summed E-state index contributed by atoms with van der Waals surface area (Å²) in [6.07, 6.45) is 2.75. The second-order valence-electron chi connectivity index (χ2n) is 2.90. The molecule has 0 saturated carbocycles. The van der Waals surface area contributed by atoms with E-state index in [2.05, 4.69) is 30.3 Å². The number of aromatic nitrogens is 2. The van der Waals surface area contributed by atoms with Crippen LogP contribution in [0.3, 0.4) is 0 Å². The van der Waals surface area contributed by atoms with E-state index in [1.54, 1.807) is 6.20 Å². The van der Waals surface area contributed by atoms with Crippen LogP contribution in [0.1, 0.15) is 31.5 Å². The summed E-state index contributed by atoms with van der Waals surface area (Å²) >= 11 is 0. The van der Waals surface area contributed by atoms with Gasteiger partial charge in [-0.1, -0.05) is 20.1 Å². The highest BCUT2D eigenvalue weighted by atomic mass is 15.1. The third-order valence-electron chi connectivity index (χ3n) is 1.87. The smallest absolute Gasteiger partial charge is 0.0676 e. The molecule has 0 aliphatic heterocycles. The lowest BCUT2D eigenvalue weighted by atomic mass is 10.0. The highest BCUT2D eigenvalue weighted by Gasteiger charge is 2.06. The Balaban J connectivity index is 3.07. The first-order chi connectivity index (χ1) is 5.66. The molecule has 0 unspecified atom stereocenters. The molecule has 1 aromatic heterocycles. The van der Waals surface area contributed by atoms with Gasteiger partial charge in [0, 0.05) is 5.56 Å². The van der Waals surface area contributed by atoms with Crippen molar-refractivity contribution in [1.29, 1.82) is 0 Å². The maximum atomic E-state index is 3.97. The molecule has 0 radical (unpaired) electrons. The summed E-state index contributed by atoms with van der Waals surface area (Å²) in [7, 11) is 0. The minimum absolute atomic E-state index is 0.944. The molecular formula is C10H14N2. The Morgan fingerprint density at radius 1 is 1.58 bits per heavy atom. The molecule has 12 heavy (non-hydrogen) atoms. The number of nitrogens with one attached hydrogen (secondary N) is 1. The van der Waals surface area contributed by atoms with E-state index in [4.69, 9.17) is 0 Å². The third-order valence-corrected chi connectivity index (χ3v) is 1.87. The average Bonchev–Trinajstić information content (AvgIpc) is 2.50. The fourth-order valence-corrected chi connectivity index (χ4v) is 1.07. The van der Waals surface area contributed by atoms with E-state index in [9.17, 15) is 0 Å². The number of hydrogen-bond acceptors (Lipinski definition) is 1. The van der Waals surface area contributed by atoms with Gasteiger partial charge in [0.05, 0.1) is 11.9 Å². The molecule has 0 atom stereocenters. The van der Waals surface area contributed by atoms with Crippen molar-refractivity contribution in [2.45, 2.75) is 20.3 Å². The van der Waals surface area contributed by atoms with Gasteiger partial charge in [0.2, 0.25) is 0 Å². The second-order valence-corrected chi connectivity index (χ2v) is 2.90. The summed E-state index contributed by atoms with van der Waals surface area (Å²) in [5.74, 6) is 0. The van der Waals surface area contributed by atoms with Gasteiger partial charge >= 0.3 is 0 Å². The number of nitrogens with zero attached hydrogens (tertiary/aromatic N) is 1. The largest absolute Gasteiger partial charge is 0.278 e. The minimum Gasteiger partial charge on any atom is -0.278 e. The third kappa shape index (κ3) is 1.47. The number of hydrogen-bond donors (Lipinski definition) is 1. The topological polar surface area (TPSA) is 28.7 Å². The zero-order valence-electron chi connectivity index (χ0n) is 7.65. The predicted molar refractivity (Wildman–Crippen MR) is 52.6 cm³/mol. The van der Waals surface area contributed by atoms with Gasteiger partial charge in [0.25, 0.3) is 0 Å². The SMILES string of the molecule is C=C(CC)c1cn[nH]c1C(=C)C. The summed E-state index contributed by atoms with van der Waals surface area (Å²) in [6, 6.07) is 0. The molecule has 2 heteroatoms. The summed E-state index contributed by atoms with van der Waals surface area (Å²) in [4.78, 5) is 0. The zero-order chi connectivity index (χ0) is 9.14. The minimum atomic E-state index is 0.944. The van der Waals surface area contributed by atoms with Gasteiger partial charge < -0.3 is 0 Å². The fourth-order valence-electron chi connectivity index (χ4n) is 1.07. The van der Waals surface area contributed by atoms with Crippen LogP contribution in [0, 0.1) is 0 Å². The van der Waals surface area contributed by atoms with E-state index in [1.807, 2.05) is 6.92 Å². The van der Waals surface area contributed by atoms with E-state index in [-0.39, 0.29) is 0 Å². The lowest BCUT2D eigenvalue weighted by Gasteiger charge is -2.02. The van der Waals surface area contributed by atoms with Crippen molar-refractivity contribution < 1.29 is 0 Å². The molecule has 0 spiro atoms. The molecule has 0 fully saturated rings. The van der Waals surface area contributed by atoms with Gasteiger partial charge in [-0.15, -0.1) is 0 Å². The van der Waals surface area contributed by atoms with Crippen LogP contribution in [-0.4, -0.2) is 10.2 Å². The fraction of sp³-hybridized carbons (Fsp3) is 0.300. The number of rotatable bonds is 3. The maximum absolute atomic E-state index is 3.97. The van der Waals surface area contributed by atoms with Gasteiger partial charge in [0.15, 0.2) is 0 Å². The zero-order valence-corrected chi connectivity index (χ0v) is 7.65. The van der Waals surface area contributed by atoms with E-state index in [0.717, 1.165) is 28.8 Å². The first kappa shape index (κ1) is 8.78. The van der Waals surface area contributed by atoms with E-state index in [0.29, 0.717) is 0 Å². The molecule has 0 bridgehead atoms. The van der Waals surface area contributed by atoms with Gasteiger partial charge in [-0.3, -0.25) is 5.10 Å². The summed E-state index contributed by atoms with van der Waals surface area (Å²) in [5, 5.41) is 6.88. The van der Waals surface area contributed by atoms with E-state index >= 15 is 0 Å². The molecule has 1 aromatic rings. The lowest BCUT2D eigenvalue weighted by Crippen LogP contribution is -1.85. The van der Waals surface area contributed by atoms with Gasteiger partial charge in [0.1, 0.15) is 0 Å². The summed E-state index contributed by atoms with van der Waals surface area (Å²) in [6.45, 7) is 11.9. The number of allylic oxidation sites excluding steroid dienone is 2. The van der Waals surface area contributed by atoms with Crippen molar-refractivity contribution in [2.75, 3.05) is 0 Å². The standard InChI is InChI=1S/C10H14N2/c1-5-8(4)9-6-11-12-10(9)7(2)3/h6H,2,4-5H2,1,3H3,(H,11,12). The molecule has 0 aliphatic carbocycles. The van der Waals surface area contributed by atoms with Crippen LogP contribution in [0.2, 0.25) is 0 Å². The van der Waals surface area contributed by atoms with Crippen LogP contribution >= 0.6 is 0 Å². The van der Waals surface area contributed by atoms with Crippen LogP contribution in [0.5, 0.6) is 0 Å². The Labute approximate surface area is 73.0 Å². The van der Waals surface area contributed by atoms with E-state index in [1.165, 1.54) is 0 Å². The van der Waals surface area contributed by atoms with E-state index < -0.39 is 0 Å². The Bertz CT molecular complexity index is 307. The molecule has 0 aromatic carbocycles. The predicted octanol–water partition coefficient (Wildman–Crippen LogP) is 2.87. The van der Waals surface area contributed by atoms with Gasteiger partial charge in [-0.2, -0.15) is 5.10 Å². The van der Waals surface area contributed by atoms with Crippen LogP contribution in [-0.2, 0) is 0 Å². The first-order valence-electron chi connectivity index (χ1n) is 4.04. The number of H-pyrrole nitrogens is 1. The molecular weight excluding hydrogens is 148 g/mol. The molecule has 0 aliphatic rings. The molecule has 1 heterocycles. The summed E-state index contributed by atoms with van der Waals surface area (Å²) < 4.78 is 0. The quantitative estimate of drug-likeness (QED) is 0.727. The molecule has 2 nitrogen and oxygen atoms in total. The highest BCUT2D eigenvalue weighted by molar-refractivity contribution is 5.74. The van der Waals surface area contributed by atoms with Crippen molar-refractivity contribution in [1.82, 2.24) is 10.2 Å². The Kier molecular flexibility index (Phi) is 2.48. The van der Waals surface area contributed by atoms with Crippen LogP contribution in [0.15, 0.2) is 19.4 Å². The molecule has 1 N–H and O–H groups in total. The Morgan fingerprint density at radius 3 is 2.75 bits per heavy atom.